The Morgan fingerprint density at radius 3 is 1.68 bits per heavy atom. The Bertz CT molecular complexity index is 1820. The second-order valence-corrected chi connectivity index (χ2v) is 9.64. The van der Waals surface area contributed by atoms with Crippen molar-refractivity contribution in [1.82, 2.24) is 4.98 Å². The first-order chi connectivity index (χ1) is 19.8. The maximum Gasteiger partial charge on any atom is 0.101 e. The highest BCUT2D eigenvalue weighted by atomic mass is 15.3. The number of para-hydroxylation sites is 5. The summed E-state index contributed by atoms with van der Waals surface area (Å²) >= 11 is 0. The fourth-order valence-corrected chi connectivity index (χ4v) is 5.48. The third kappa shape index (κ3) is 3.98. The molecular formula is C36H24N4. The van der Waals surface area contributed by atoms with Gasteiger partial charge in [0, 0.05) is 29.3 Å². The highest BCUT2D eigenvalue weighted by Gasteiger charge is 2.29. The van der Waals surface area contributed by atoms with Gasteiger partial charge in [0.1, 0.15) is 6.07 Å². The minimum atomic E-state index is 0.573. The number of hydrogen-bond acceptors (Lipinski definition) is 4. The molecule has 1 aliphatic heterocycles. The molecule has 0 atom stereocenters. The van der Waals surface area contributed by atoms with Crippen molar-refractivity contribution in [2.75, 3.05) is 9.80 Å². The van der Waals surface area contributed by atoms with Gasteiger partial charge < -0.3 is 9.80 Å². The van der Waals surface area contributed by atoms with Gasteiger partial charge in [-0.3, -0.25) is 4.98 Å². The third-order valence-electron chi connectivity index (χ3n) is 7.32. The maximum absolute atomic E-state index is 9.49. The van der Waals surface area contributed by atoms with E-state index in [2.05, 4.69) is 148 Å². The van der Waals surface area contributed by atoms with Gasteiger partial charge in [0.25, 0.3) is 0 Å². The van der Waals surface area contributed by atoms with Crippen molar-refractivity contribution in [3.8, 4) is 28.3 Å². The molecule has 0 fully saturated rings. The second kappa shape index (κ2) is 9.90. The van der Waals surface area contributed by atoms with Gasteiger partial charge in [-0.25, -0.2) is 0 Å². The lowest BCUT2D eigenvalue weighted by Crippen LogP contribution is -2.23. The number of rotatable bonds is 4. The van der Waals surface area contributed by atoms with Gasteiger partial charge in [0.2, 0.25) is 0 Å². The predicted octanol–water partition coefficient (Wildman–Crippen LogP) is 9.54. The summed E-state index contributed by atoms with van der Waals surface area (Å²) in [6.45, 7) is 0. The minimum absolute atomic E-state index is 0.573. The van der Waals surface area contributed by atoms with E-state index in [0.717, 1.165) is 56.4 Å². The highest BCUT2D eigenvalue weighted by Crippen LogP contribution is 2.54. The average molecular weight is 513 g/mol. The number of fused-ring (bicyclic) bond motifs is 2. The summed E-state index contributed by atoms with van der Waals surface area (Å²) in [6, 6.07) is 48.8. The van der Waals surface area contributed by atoms with E-state index in [0.29, 0.717) is 5.56 Å². The summed E-state index contributed by atoms with van der Waals surface area (Å²) in [7, 11) is 0. The van der Waals surface area contributed by atoms with Crippen LogP contribution in [-0.4, -0.2) is 4.98 Å². The van der Waals surface area contributed by atoms with Crippen molar-refractivity contribution in [1.29, 1.82) is 5.26 Å². The van der Waals surface area contributed by atoms with Crippen molar-refractivity contribution in [2.24, 2.45) is 0 Å². The van der Waals surface area contributed by atoms with Gasteiger partial charge in [0.05, 0.1) is 28.3 Å². The van der Waals surface area contributed by atoms with E-state index in [-0.39, 0.29) is 0 Å². The molecule has 0 unspecified atom stereocenters. The van der Waals surface area contributed by atoms with Crippen molar-refractivity contribution in [3.05, 3.63) is 151 Å². The lowest BCUT2D eigenvalue weighted by molar-refractivity contribution is 1.17. The minimum Gasteiger partial charge on any atom is -0.306 e. The van der Waals surface area contributed by atoms with Gasteiger partial charge in [-0.1, -0.05) is 78.9 Å². The molecule has 5 aromatic carbocycles. The molecule has 188 valence electrons. The molecule has 0 saturated carbocycles. The molecule has 1 aliphatic rings. The molecule has 6 aromatic rings. The molecule has 0 aliphatic carbocycles. The van der Waals surface area contributed by atoms with Crippen LogP contribution in [0.4, 0.5) is 34.1 Å². The highest BCUT2D eigenvalue weighted by molar-refractivity contribution is 6.01. The Morgan fingerprint density at radius 2 is 1.05 bits per heavy atom. The van der Waals surface area contributed by atoms with Crippen LogP contribution in [-0.2, 0) is 0 Å². The lowest BCUT2D eigenvalue weighted by atomic mass is 9.98. The fourth-order valence-electron chi connectivity index (χ4n) is 5.48. The average Bonchev–Trinajstić information content (AvgIpc) is 3.04. The predicted molar refractivity (Wildman–Crippen MR) is 163 cm³/mol. The molecule has 0 spiro atoms. The van der Waals surface area contributed by atoms with Gasteiger partial charge in [-0.15, -0.1) is 0 Å². The first kappa shape index (κ1) is 23.5. The van der Waals surface area contributed by atoms with Crippen molar-refractivity contribution in [2.45, 2.75) is 0 Å². The monoisotopic (exact) mass is 512 g/mol. The summed E-state index contributed by atoms with van der Waals surface area (Å²) in [5.74, 6) is 0. The molecule has 0 amide bonds. The number of nitriles is 1. The van der Waals surface area contributed by atoms with Crippen LogP contribution in [0.3, 0.4) is 0 Å². The Kier molecular flexibility index (Phi) is 5.81. The van der Waals surface area contributed by atoms with Gasteiger partial charge >= 0.3 is 0 Å². The molecule has 0 N–H and O–H groups in total. The zero-order valence-corrected chi connectivity index (χ0v) is 21.6. The van der Waals surface area contributed by atoms with E-state index in [1.807, 2.05) is 6.07 Å². The molecule has 4 nitrogen and oxygen atoms in total. The first-order valence-electron chi connectivity index (χ1n) is 13.2. The molecule has 4 heteroatoms. The van der Waals surface area contributed by atoms with Gasteiger partial charge in [-0.05, 0) is 71.3 Å². The Morgan fingerprint density at radius 1 is 0.500 bits per heavy atom. The second-order valence-electron chi connectivity index (χ2n) is 9.64. The van der Waals surface area contributed by atoms with E-state index in [1.165, 1.54) is 0 Å². The molecule has 0 radical (unpaired) electrons. The van der Waals surface area contributed by atoms with Gasteiger partial charge in [-0.2, -0.15) is 5.26 Å². The van der Waals surface area contributed by atoms with E-state index in [1.54, 1.807) is 12.4 Å². The molecule has 0 saturated heterocycles. The lowest BCUT2D eigenvalue weighted by Gasteiger charge is -2.40. The van der Waals surface area contributed by atoms with Crippen LogP contribution in [0.25, 0.3) is 22.3 Å². The van der Waals surface area contributed by atoms with Crippen LogP contribution in [0.15, 0.2) is 146 Å². The van der Waals surface area contributed by atoms with E-state index < -0.39 is 0 Å². The number of nitrogens with zero attached hydrogens (tertiary/aromatic N) is 4. The van der Waals surface area contributed by atoms with E-state index in [9.17, 15) is 5.26 Å². The van der Waals surface area contributed by atoms with Crippen molar-refractivity contribution >= 4 is 34.1 Å². The first-order valence-corrected chi connectivity index (χ1v) is 13.2. The summed E-state index contributed by atoms with van der Waals surface area (Å²) in [4.78, 5) is 8.76. The van der Waals surface area contributed by atoms with Gasteiger partial charge in [0.15, 0.2) is 0 Å². The number of hydrogen-bond donors (Lipinski definition) is 0. The number of benzene rings is 5. The van der Waals surface area contributed by atoms with Crippen molar-refractivity contribution in [3.63, 3.8) is 0 Å². The largest absolute Gasteiger partial charge is 0.306 e. The summed E-state index contributed by atoms with van der Waals surface area (Å²) < 4.78 is 0. The third-order valence-corrected chi connectivity index (χ3v) is 7.32. The Labute approximate surface area is 233 Å². The number of aromatic nitrogens is 1. The quantitative estimate of drug-likeness (QED) is 0.235. The van der Waals surface area contributed by atoms with E-state index >= 15 is 0 Å². The summed E-state index contributed by atoms with van der Waals surface area (Å²) in [5.41, 5.74) is 11.4. The molecule has 7 rings (SSSR count). The fraction of sp³-hybridized carbons (Fsp3) is 0. The Balaban J connectivity index is 1.32. The molecule has 0 bridgehead atoms. The zero-order valence-electron chi connectivity index (χ0n) is 21.6. The normalized spacial score (nSPS) is 11.9. The van der Waals surface area contributed by atoms with Crippen LogP contribution in [0.5, 0.6) is 0 Å². The summed E-state index contributed by atoms with van der Waals surface area (Å²) in [6.07, 6.45) is 3.33. The standard InChI is InChI=1S/C36H24N4/c37-24-29-25-38-22-21-32(29)27-19-17-26(18-20-27)28-9-8-12-31(23-28)40-35-15-6-4-13-33(35)39(30-10-2-1-3-11-30)34-14-5-7-16-36(34)40/h1-23,25H. The molecular weight excluding hydrogens is 488 g/mol. The maximum atomic E-state index is 9.49. The summed E-state index contributed by atoms with van der Waals surface area (Å²) in [5, 5.41) is 9.49. The molecule has 1 aromatic heterocycles. The SMILES string of the molecule is N#Cc1cnccc1-c1ccc(-c2cccc(N3c4ccccc4N(c4ccccc4)c4ccccc43)c2)cc1. The van der Waals surface area contributed by atoms with Crippen LogP contribution >= 0.6 is 0 Å². The molecule has 40 heavy (non-hydrogen) atoms. The van der Waals surface area contributed by atoms with Crippen LogP contribution < -0.4 is 9.80 Å². The van der Waals surface area contributed by atoms with Crippen LogP contribution in [0.1, 0.15) is 5.56 Å². The van der Waals surface area contributed by atoms with Crippen LogP contribution in [0, 0.1) is 11.3 Å². The van der Waals surface area contributed by atoms with E-state index in [4.69, 9.17) is 0 Å². The number of pyridine rings is 1. The number of anilines is 6. The Hall–Kier alpha value is -5.66. The molecule has 2 heterocycles. The smallest absolute Gasteiger partial charge is 0.101 e. The van der Waals surface area contributed by atoms with Crippen LogP contribution in [0.2, 0.25) is 0 Å². The topological polar surface area (TPSA) is 43.2 Å². The van der Waals surface area contributed by atoms with Crippen molar-refractivity contribution < 1.29 is 0 Å². The zero-order chi connectivity index (χ0) is 26.9.